The summed E-state index contributed by atoms with van der Waals surface area (Å²) in [7, 11) is -3.77. The molecule has 2 aromatic carbocycles. The third kappa shape index (κ3) is 5.68. The fourth-order valence-corrected chi connectivity index (χ4v) is 4.46. The van der Waals surface area contributed by atoms with Gasteiger partial charge in [-0.2, -0.15) is 0 Å². The van der Waals surface area contributed by atoms with Crippen molar-refractivity contribution < 1.29 is 18.0 Å². The molecule has 2 heterocycles. The van der Waals surface area contributed by atoms with E-state index in [1.165, 1.54) is 24.3 Å². The number of nitrogens with zero attached hydrogens (tertiary/aromatic N) is 2. The Hall–Kier alpha value is -3.43. The average molecular weight is 467 g/mol. The van der Waals surface area contributed by atoms with Gasteiger partial charge in [0.2, 0.25) is 21.8 Å². The smallest absolute Gasteiger partial charge is 0.238 e. The van der Waals surface area contributed by atoms with Gasteiger partial charge < -0.3 is 14.8 Å². The highest BCUT2D eigenvalue weighted by Crippen LogP contribution is 2.21. The van der Waals surface area contributed by atoms with E-state index in [2.05, 4.69) is 5.32 Å². The molecule has 3 N–H and O–H groups in total. The number of nitrogens with two attached hydrogens (primary N) is 1. The maximum atomic E-state index is 12.7. The van der Waals surface area contributed by atoms with Gasteiger partial charge >= 0.3 is 0 Å². The molecule has 1 aliphatic heterocycles. The van der Waals surface area contributed by atoms with E-state index in [1.54, 1.807) is 0 Å². The molecule has 0 atom stereocenters. The molecule has 33 heavy (non-hydrogen) atoms. The highest BCUT2D eigenvalue weighted by Gasteiger charge is 2.27. The fraction of sp³-hybridized carbons (Fsp3) is 0.250. The number of carbonyl (C=O) groups is 2. The van der Waals surface area contributed by atoms with Crippen molar-refractivity contribution in [3.05, 3.63) is 78.6 Å². The molecule has 1 fully saturated rings. The number of nitrogens with one attached hydrogen (secondary N) is 1. The quantitative estimate of drug-likeness (QED) is 0.581. The lowest BCUT2D eigenvalue weighted by Gasteiger charge is -2.31. The summed E-state index contributed by atoms with van der Waals surface area (Å²) in [6.45, 7) is 1.06. The third-order valence-electron chi connectivity index (χ3n) is 5.86. The summed E-state index contributed by atoms with van der Waals surface area (Å²) in [5.41, 5.74) is 2.51. The number of piperidine rings is 1. The Kier molecular flexibility index (Phi) is 6.62. The Balaban J connectivity index is 1.26. The van der Waals surface area contributed by atoms with Crippen molar-refractivity contribution in [1.29, 1.82) is 0 Å². The molecule has 8 nitrogen and oxygen atoms in total. The average Bonchev–Trinajstić information content (AvgIpc) is 3.34. The lowest BCUT2D eigenvalue weighted by atomic mass is 9.95. The van der Waals surface area contributed by atoms with Crippen LogP contribution in [0.3, 0.4) is 0 Å². The zero-order valence-electron chi connectivity index (χ0n) is 18.1. The second kappa shape index (κ2) is 9.60. The van der Waals surface area contributed by atoms with Gasteiger partial charge in [-0.15, -0.1) is 0 Å². The van der Waals surface area contributed by atoms with Gasteiger partial charge in [-0.3, -0.25) is 9.59 Å². The molecule has 3 aromatic rings. The molecule has 0 bridgehead atoms. The van der Waals surface area contributed by atoms with Crippen molar-refractivity contribution in [3.63, 3.8) is 0 Å². The first-order valence-corrected chi connectivity index (χ1v) is 12.3. The van der Waals surface area contributed by atoms with Gasteiger partial charge in [0.15, 0.2) is 0 Å². The molecule has 9 heteroatoms. The number of hydrogen-bond acceptors (Lipinski definition) is 4. The SMILES string of the molecule is NS(=O)(=O)c1ccc(NC(=O)C2CCN(C(=O)Cc3ccc(-n4cccc4)cc3)CC2)cc1. The van der Waals surface area contributed by atoms with Crippen molar-refractivity contribution in [1.82, 2.24) is 9.47 Å². The number of anilines is 1. The van der Waals surface area contributed by atoms with Gasteiger partial charge in [0, 0.05) is 42.8 Å². The number of aromatic nitrogens is 1. The summed E-state index contributed by atoms with van der Waals surface area (Å²) in [4.78, 5) is 27.1. The number of rotatable bonds is 6. The van der Waals surface area contributed by atoms with E-state index in [-0.39, 0.29) is 22.6 Å². The molecule has 1 aliphatic rings. The highest BCUT2D eigenvalue weighted by atomic mass is 32.2. The zero-order chi connectivity index (χ0) is 23.4. The molecular formula is C24H26N4O4S. The van der Waals surface area contributed by atoms with Crippen LogP contribution >= 0.6 is 0 Å². The minimum absolute atomic E-state index is 0.00770. The van der Waals surface area contributed by atoms with Crippen molar-refractivity contribution in [3.8, 4) is 5.69 Å². The lowest BCUT2D eigenvalue weighted by Crippen LogP contribution is -2.42. The van der Waals surface area contributed by atoms with E-state index in [9.17, 15) is 18.0 Å². The second-order valence-electron chi connectivity index (χ2n) is 8.15. The lowest BCUT2D eigenvalue weighted by molar-refractivity contribution is -0.133. The number of carbonyl (C=O) groups excluding carboxylic acids is 2. The maximum Gasteiger partial charge on any atom is 0.238 e. The molecule has 2 amide bonds. The van der Waals surface area contributed by atoms with Gasteiger partial charge in [0.1, 0.15) is 0 Å². The van der Waals surface area contributed by atoms with Crippen LogP contribution < -0.4 is 10.5 Å². The predicted molar refractivity (Wildman–Crippen MR) is 125 cm³/mol. The summed E-state index contributed by atoms with van der Waals surface area (Å²) in [5.74, 6) is -0.278. The summed E-state index contributed by atoms with van der Waals surface area (Å²) in [5, 5.41) is 7.90. The molecule has 0 spiro atoms. The van der Waals surface area contributed by atoms with Crippen molar-refractivity contribution in [2.24, 2.45) is 11.1 Å². The number of sulfonamides is 1. The Labute approximate surface area is 193 Å². The van der Waals surface area contributed by atoms with Crippen LogP contribution in [0, 0.1) is 5.92 Å². The molecule has 0 radical (unpaired) electrons. The Morgan fingerprint density at radius 3 is 2.12 bits per heavy atom. The van der Waals surface area contributed by atoms with Crippen LogP contribution in [0.4, 0.5) is 5.69 Å². The van der Waals surface area contributed by atoms with Gasteiger partial charge in [0.25, 0.3) is 0 Å². The second-order valence-corrected chi connectivity index (χ2v) is 9.71. The topological polar surface area (TPSA) is 114 Å². The van der Waals surface area contributed by atoms with Crippen LogP contribution in [0.5, 0.6) is 0 Å². The zero-order valence-corrected chi connectivity index (χ0v) is 18.9. The van der Waals surface area contributed by atoms with Crippen molar-refractivity contribution in [2.45, 2.75) is 24.2 Å². The number of primary sulfonamides is 1. The van der Waals surface area contributed by atoms with E-state index >= 15 is 0 Å². The first kappa shape index (κ1) is 22.8. The first-order valence-electron chi connectivity index (χ1n) is 10.7. The molecule has 0 aliphatic carbocycles. The molecule has 1 saturated heterocycles. The maximum absolute atomic E-state index is 12.7. The van der Waals surface area contributed by atoms with Gasteiger partial charge in [-0.1, -0.05) is 12.1 Å². The Morgan fingerprint density at radius 1 is 0.939 bits per heavy atom. The number of amides is 2. The summed E-state index contributed by atoms with van der Waals surface area (Å²) in [6.07, 6.45) is 5.44. The highest BCUT2D eigenvalue weighted by molar-refractivity contribution is 7.89. The first-order chi connectivity index (χ1) is 15.8. The molecule has 0 saturated carbocycles. The molecule has 4 rings (SSSR count). The van der Waals surface area contributed by atoms with Crippen LogP contribution in [0.2, 0.25) is 0 Å². The Bertz CT molecular complexity index is 1210. The van der Waals surface area contributed by atoms with E-state index in [4.69, 9.17) is 5.14 Å². The van der Waals surface area contributed by atoms with Gasteiger partial charge in [-0.25, -0.2) is 13.6 Å². The number of hydrogen-bond donors (Lipinski definition) is 2. The monoisotopic (exact) mass is 466 g/mol. The molecule has 0 unspecified atom stereocenters. The predicted octanol–water partition coefficient (Wildman–Crippen LogP) is 2.54. The van der Waals surface area contributed by atoms with E-state index in [0.717, 1.165) is 11.3 Å². The summed E-state index contributed by atoms with van der Waals surface area (Å²) < 4.78 is 24.7. The van der Waals surface area contributed by atoms with Gasteiger partial charge in [-0.05, 0) is 66.9 Å². The molecular weight excluding hydrogens is 440 g/mol. The van der Waals surface area contributed by atoms with E-state index < -0.39 is 10.0 Å². The molecule has 172 valence electrons. The van der Waals surface area contributed by atoms with Gasteiger partial charge in [0.05, 0.1) is 11.3 Å². The normalized spacial score (nSPS) is 14.8. The summed E-state index contributed by atoms with van der Waals surface area (Å²) in [6, 6.07) is 17.6. The van der Waals surface area contributed by atoms with Crippen LogP contribution in [0.25, 0.3) is 5.69 Å². The fourth-order valence-electron chi connectivity index (χ4n) is 3.94. The van der Waals surface area contributed by atoms with Crippen LogP contribution in [-0.4, -0.2) is 42.8 Å². The van der Waals surface area contributed by atoms with Crippen molar-refractivity contribution in [2.75, 3.05) is 18.4 Å². The minimum Gasteiger partial charge on any atom is -0.342 e. The van der Waals surface area contributed by atoms with Crippen molar-refractivity contribution >= 4 is 27.5 Å². The van der Waals surface area contributed by atoms with Crippen LogP contribution in [0.15, 0.2) is 78.0 Å². The Morgan fingerprint density at radius 2 is 1.55 bits per heavy atom. The molecule has 1 aromatic heterocycles. The number of benzene rings is 2. The standard InChI is InChI=1S/C24H26N4O4S/c25-33(31,32)22-9-5-20(6-10-22)26-24(30)19-11-15-28(16-12-19)23(29)17-18-3-7-21(8-4-18)27-13-1-2-14-27/h1-10,13-14,19H,11-12,15-17H2,(H,26,30)(H2,25,31,32). The summed E-state index contributed by atoms with van der Waals surface area (Å²) >= 11 is 0. The van der Waals surface area contributed by atoms with E-state index in [1.807, 2.05) is 58.3 Å². The minimum atomic E-state index is -3.77. The van der Waals surface area contributed by atoms with E-state index in [0.29, 0.717) is 38.0 Å². The largest absolute Gasteiger partial charge is 0.342 e. The van der Waals surface area contributed by atoms with Crippen LogP contribution in [-0.2, 0) is 26.0 Å². The van der Waals surface area contributed by atoms with Crippen LogP contribution in [0.1, 0.15) is 18.4 Å². The number of likely N-dealkylation sites (tertiary alicyclic amines) is 1. The third-order valence-corrected chi connectivity index (χ3v) is 6.79.